The molecule has 0 aliphatic rings. The van der Waals surface area contributed by atoms with Crippen LogP contribution in [0, 0.1) is 13.8 Å². The van der Waals surface area contributed by atoms with Gasteiger partial charge in [-0.1, -0.05) is 17.7 Å². The summed E-state index contributed by atoms with van der Waals surface area (Å²) in [6.07, 6.45) is -0.0721. The number of benzene rings is 2. The average molecular weight is 358 g/mol. The van der Waals surface area contributed by atoms with Crippen LogP contribution < -0.4 is 4.74 Å². The van der Waals surface area contributed by atoms with E-state index in [1.807, 2.05) is 39.0 Å². The highest BCUT2D eigenvalue weighted by Crippen LogP contribution is 2.39. The Bertz CT molecular complexity index is 959. The fourth-order valence-corrected chi connectivity index (χ4v) is 3.51. The van der Waals surface area contributed by atoms with Gasteiger partial charge in [-0.15, -0.1) is 0 Å². The summed E-state index contributed by atoms with van der Waals surface area (Å²) in [6.45, 7) is 6.45. The van der Waals surface area contributed by atoms with Crippen molar-refractivity contribution in [2.45, 2.75) is 27.2 Å². The van der Waals surface area contributed by atoms with Crippen LogP contribution in [0.3, 0.4) is 0 Å². The van der Waals surface area contributed by atoms with Crippen LogP contribution in [-0.2, 0) is 11.2 Å². The van der Waals surface area contributed by atoms with Gasteiger partial charge in [-0.3, -0.25) is 4.79 Å². The van der Waals surface area contributed by atoms with Crippen molar-refractivity contribution in [2.75, 3.05) is 6.61 Å². The minimum atomic E-state index is -0.873. The lowest BCUT2D eigenvalue weighted by molar-refractivity contribution is -0.136. The molecule has 1 aromatic heterocycles. The van der Waals surface area contributed by atoms with Gasteiger partial charge in [-0.25, -0.2) is 0 Å². The van der Waals surface area contributed by atoms with Crippen molar-refractivity contribution in [3.63, 3.8) is 0 Å². The monoisotopic (exact) mass is 357 g/mol. The molecule has 2 N–H and O–H groups in total. The van der Waals surface area contributed by atoms with Gasteiger partial charge >= 0.3 is 5.97 Å². The normalized spacial score (nSPS) is 11.0. The van der Waals surface area contributed by atoms with Gasteiger partial charge in [0.1, 0.15) is 5.75 Å². The number of ether oxygens (including phenoxy) is 1. The number of nitrogens with one attached hydrogen (secondary N) is 1. The maximum absolute atomic E-state index is 11.5. The topological polar surface area (TPSA) is 62.3 Å². The first-order chi connectivity index (χ1) is 11.9. The maximum atomic E-state index is 11.5. The number of halogens is 1. The van der Waals surface area contributed by atoms with Gasteiger partial charge in [-0.05, 0) is 61.7 Å². The molecule has 3 rings (SSSR count). The smallest absolute Gasteiger partial charge is 0.307 e. The number of carboxylic acids is 1. The number of hydrogen-bond donors (Lipinski definition) is 2. The summed E-state index contributed by atoms with van der Waals surface area (Å²) in [7, 11) is 0. The number of aromatic amines is 1. The Morgan fingerprint density at radius 1 is 1.24 bits per heavy atom. The zero-order valence-electron chi connectivity index (χ0n) is 14.4. The van der Waals surface area contributed by atoms with Gasteiger partial charge in [0.15, 0.2) is 0 Å². The minimum Gasteiger partial charge on any atom is -0.493 e. The van der Waals surface area contributed by atoms with Crippen molar-refractivity contribution < 1.29 is 14.6 Å². The van der Waals surface area contributed by atoms with Crippen molar-refractivity contribution in [3.8, 4) is 17.0 Å². The molecule has 25 heavy (non-hydrogen) atoms. The predicted octanol–water partition coefficient (Wildman–Crippen LogP) is 5.13. The summed E-state index contributed by atoms with van der Waals surface area (Å²) in [5.41, 5.74) is 5.37. The molecular weight excluding hydrogens is 338 g/mol. The van der Waals surface area contributed by atoms with Crippen LogP contribution in [0.4, 0.5) is 0 Å². The largest absolute Gasteiger partial charge is 0.493 e. The van der Waals surface area contributed by atoms with Crippen molar-refractivity contribution in [3.05, 3.63) is 52.0 Å². The lowest BCUT2D eigenvalue weighted by Gasteiger charge is -2.11. The number of rotatable bonds is 5. The Morgan fingerprint density at radius 2 is 2.00 bits per heavy atom. The standard InChI is InChI=1S/C20H20ClNO3/c1-4-25-17-6-5-13(21)9-14(17)20-15(10-18(23)24)19-12(3)7-11(2)8-16(19)22-20/h5-9,22H,4,10H2,1-3H3,(H,23,24). The molecule has 0 amide bonds. The third kappa shape index (κ3) is 3.35. The highest BCUT2D eigenvalue weighted by Gasteiger charge is 2.20. The molecule has 3 aromatic rings. The van der Waals surface area contributed by atoms with Crippen molar-refractivity contribution in [1.82, 2.24) is 4.98 Å². The van der Waals surface area contributed by atoms with E-state index in [1.165, 1.54) is 0 Å². The Balaban J connectivity index is 2.34. The Hall–Kier alpha value is -2.46. The second-order valence-corrected chi connectivity index (χ2v) is 6.56. The van der Waals surface area contributed by atoms with E-state index >= 15 is 0 Å². The second kappa shape index (κ2) is 6.81. The van der Waals surface area contributed by atoms with Gasteiger partial charge < -0.3 is 14.8 Å². The van der Waals surface area contributed by atoms with E-state index in [2.05, 4.69) is 11.1 Å². The maximum Gasteiger partial charge on any atom is 0.307 e. The molecule has 0 saturated carbocycles. The fraction of sp³-hybridized carbons (Fsp3) is 0.250. The van der Waals surface area contributed by atoms with Crippen molar-refractivity contribution in [1.29, 1.82) is 0 Å². The van der Waals surface area contributed by atoms with Gasteiger partial charge in [0.05, 0.1) is 18.7 Å². The van der Waals surface area contributed by atoms with E-state index < -0.39 is 5.97 Å². The van der Waals surface area contributed by atoms with E-state index in [4.69, 9.17) is 16.3 Å². The number of aliphatic carboxylic acids is 1. The van der Waals surface area contributed by atoms with E-state index in [0.717, 1.165) is 38.9 Å². The molecule has 0 atom stereocenters. The van der Waals surface area contributed by atoms with Gasteiger partial charge in [0, 0.05) is 21.5 Å². The summed E-state index contributed by atoms with van der Waals surface area (Å²) in [5, 5.41) is 10.9. The van der Waals surface area contributed by atoms with Crippen LogP contribution in [-0.4, -0.2) is 22.7 Å². The highest BCUT2D eigenvalue weighted by molar-refractivity contribution is 6.31. The number of aryl methyl sites for hydroxylation is 2. The number of H-pyrrole nitrogens is 1. The van der Waals surface area contributed by atoms with Gasteiger partial charge in [0.2, 0.25) is 0 Å². The first-order valence-electron chi connectivity index (χ1n) is 8.17. The molecule has 5 heteroatoms. The molecule has 1 heterocycles. The lowest BCUT2D eigenvalue weighted by Crippen LogP contribution is -2.02. The van der Waals surface area contributed by atoms with E-state index in [0.29, 0.717) is 17.4 Å². The molecule has 0 saturated heterocycles. The number of fused-ring (bicyclic) bond motifs is 1. The minimum absolute atomic E-state index is 0.0721. The number of hydrogen-bond acceptors (Lipinski definition) is 2. The molecule has 0 bridgehead atoms. The SMILES string of the molecule is CCOc1ccc(Cl)cc1-c1[nH]c2cc(C)cc(C)c2c1CC(=O)O. The van der Waals surface area contributed by atoms with Crippen LogP contribution in [0.5, 0.6) is 5.75 Å². The molecule has 0 spiro atoms. The quantitative estimate of drug-likeness (QED) is 0.665. The number of aromatic nitrogens is 1. The van der Waals surface area contributed by atoms with Crippen molar-refractivity contribution >= 4 is 28.5 Å². The molecule has 0 aliphatic carbocycles. The second-order valence-electron chi connectivity index (χ2n) is 6.13. The number of carbonyl (C=O) groups is 1. The lowest BCUT2D eigenvalue weighted by atomic mass is 9.98. The van der Waals surface area contributed by atoms with Crippen LogP contribution in [0.1, 0.15) is 23.6 Å². The van der Waals surface area contributed by atoms with E-state index in [1.54, 1.807) is 6.07 Å². The predicted molar refractivity (Wildman–Crippen MR) is 101 cm³/mol. The zero-order valence-corrected chi connectivity index (χ0v) is 15.2. The third-order valence-electron chi connectivity index (χ3n) is 4.18. The summed E-state index contributed by atoms with van der Waals surface area (Å²) in [5.74, 6) is -0.193. The Labute approximate surface area is 151 Å². The summed E-state index contributed by atoms with van der Waals surface area (Å²) < 4.78 is 5.73. The molecule has 0 unspecified atom stereocenters. The summed E-state index contributed by atoms with van der Waals surface area (Å²) >= 11 is 6.19. The first kappa shape index (κ1) is 17.4. The first-order valence-corrected chi connectivity index (χ1v) is 8.54. The van der Waals surface area contributed by atoms with Crippen molar-refractivity contribution in [2.24, 2.45) is 0 Å². The Morgan fingerprint density at radius 3 is 2.68 bits per heavy atom. The molecule has 2 aromatic carbocycles. The van der Waals surface area contributed by atoms with E-state index in [-0.39, 0.29) is 6.42 Å². The summed E-state index contributed by atoms with van der Waals surface area (Å²) in [6, 6.07) is 9.49. The zero-order chi connectivity index (χ0) is 18.1. The van der Waals surface area contributed by atoms with Gasteiger partial charge in [-0.2, -0.15) is 0 Å². The van der Waals surface area contributed by atoms with Crippen LogP contribution in [0.2, 0.25) is 5.02 Å². The third-order valence-corrected chi connectivity index (χ3v) is 4.42. The summed E-state index contributed by atoms with van der Waals surface area (Å²) in [4.78, 5) is 14.9. The number of carboxylic acid groups (broad SMARTS) is 1. The average Bonchev–Trinajstić information content (AvgIpc) is 2.87. The van der Waals surface area contributed by atoms with Crippen LogP contribution >= 0.6 is 11.6 Å². The molecular formula is C20H20ClNO3. The van der Waals surface area contributed by atoms with E-state index in [9.17, 15) is 9.90 Å². The van der Waals surface area contributed by atoms with Gasteiger partial charge in [0.25, 0.3) is 0 Å². The molecule has 130 valence electrons. The molecule has 4 nitrogen and oxygen atoms in total. The molecule has 0 fully saturated rings. The van der Waals surface area contributed by atoms with Crippen LogP contribution in [0.15, 0.2) is 30.3 Å². The fourth-order valence-electron chi connectivity index (χ4n) is 3.34. The molecule has 0 aliphatic heterocycles. The Kier molecular flexibility index (Phi) is 4.73. The molecule has 0 radical (unpaired) electrons. The highest BCUT2D eigenvalue weighted by atomic mass is 35.5. The van der Waals surface area contributed by atoms with Crippen LogP contribution in [0.25, 0.3) is 22.2 Å².